The van der Waals surface area contributed by atoms with Gasteiger partial charge in [0.1, 0.15) is 11.6 Å². The highest BCUT2D eigenvalue weighted by Crippen LogP contribution is 2.14. The molecule has 74 valence electrons. The Morgan fingerprint density at radius 3 is 2.85 bits per heavy atom. The highest BCUT2D eigenvalue weighted by atomic mass is 32.1. The second-order valence-electron chi connectivity index (χ2n) is 2.30. The minimum absolute atomic E-state index is 0.503. The lowest BCUT2D eigenvalue weighted by Crippen LogP contribution is -2.01. The van der Waals surface area contributed by atoms with Crippen LogP contribution in [0.5, 0.6) is 0 Å². The molecule has 0 aliphatic heterocycles. The van der Waals surface area contributed by atoms with E-state index in [2.05, 4.69) is 15.5 Å². The summed E-state index contributed by atoms with van der Waals surface area (Å²) in [5, 5.41) is 12.4. The van der Waals surface area contributed by atoms with Gasteiger partial charge in [-0.2, -0.15) is 0 Å². The number of methoxy groups -OCH3 is 1. The summed E-state index contributed by atoms with van der Waals surface area (Å²) < 4.78 is 10.1. The molecule has 1 heterocycles. The standard InChI is InChI=1S/C7H13N3O2S/c1-8-7-10-9-6(13-7)5-12-4-3-11-2/h3-5H2,1-2H3,(H,8,10). The lowest BCUT2D eigenvalue weighted by atomic mass is 10.7. The summed E-state index contributed by atoms with van der Waals surface area (Å²) in [7, 11) is 3.46. The molecule has 0 aliphatic rings. The van der Waals surface area contributed by atoms with Crippen LogP contribution in [0, 0.1) is 0 Å². The van der Waals surface area contributed by atoms with Crippen LogP contribution in [-0.4, -0.2) is 37.6 Å². The number of nitrogens with zero attached hydrogens (tertiary/aromatic N) is 2. The predicted octanol–water partition coefficient (Wildman–Crippen LogP) is 0.743. The van der Waals surface area contributed by atoms with Crippen LogP contribution in [0.15, 0.2) is 0 Å². The van der Waals surface area contributed by atoms with Crippen molar-refractivity contribution in [1.82, 2.24) is 10.2 Å². The molecule has 6 heteroatoms. The smallest absolute Gasteiger partial charge is 0.205 e. The normalized spacial score (nSPS) is 10.3. The third kappa shape index (κ3) is 3.67. The largest absolute Gasteiger partial charge is 0.382 e. The molecule has 0 saturated carbocycles. The Balaban J connectivity index is 2.20. The predicted molar refractivity (Wildman–Crippen MR) is 51.0 cm³/mol. The Kier molecular flexibility index (Phi) is 4.66. The van der Waals surface area contributed by atoms with Crippen LogP contribution >= 0.6 is 11.3 Å². The number of rotatable bonds is 6. The molecular formula is C7H13N3O2S. The van der Waals surface area contributed by atoms with Crippen molar-refractivity contribution < 1.29 is 9.47 Å². The van der Waals surface area contributed by atoms with E-state index in [9.17, 15) is 0 Å². The molecule has 1 N–H and O–H groups in total. The van der Waals surface area contributed by atoms with Gasteiger partial charge < -0.3 is 14.8 Å². The van der Waals surface area contributed by atoms with Gasteiger partial charge in [-0.1, -0.05) is 11.3 Å². The number of anilines is 1. The summed E-state index contributed by atoms with van der Waals surface area (Å²) in [6, 6.07) is 0. The number of hydrogen-bond donors (Lipinski definition) is 1. The number of ether oxygens (including phenoxy) is 2. The van der Waals surface area contributed by atoms with Crippen LogP contribution in [0.2, 0.25) is 0 Å². The lowest BCUT2D eigenvalue weighted by molar-refractivity contribution is 0.0613. The minimum Gasteiger partial charge on any atom is -0.382 e. The van der Waals surface area contributed by atoms with E-state index in [-0.39, 0.29) is 0 Å². The summed E-state index contributed by atoms with van der Waals surface area (Å²) >= 11 is 1.49. The first-order valence-corrected chi connectivity index (χ1v) is 4.75. The van der Waals surface area contributed by atoms with Gasteiger partial charge in [-0.15, -0.1) is 10.2 Å². The first kappa shape index (κ1) is 10.4. The van der Waals surface area contributed by atoms with Crippen molar-refractivity contribution in [3.63, 3.8) is 0 Å². The first-order valence-electron chi connectivity index (χ1n) is 3.93. The van der Waals surface area contributed by atoms with Gasteiger partial charge in [0.05, 0.1) is 13.2 Å². The average molecular weight is 203 g/mol. The van der Waals surface area contributed by atoms with E-state index in [1.54, 1.807) is 7.11 Å². The fraction of sp³-hybridized carbons (Fsp3) is 0.714. The molecule has 0 unspecified atom stereocenters. The SMILES string of the molecule is CNc1nnc(COCCOC)s1. The van der Waals surface area contributed by atoms with Crippen molar-refractivity contribution in [2.45, 2.75) is 6.61 Å². The van der Waals surface area contributed by atoms with Crippen molar-refractivity contribution >= 4 is 16.5 Å². The third-order valence-corrected chi connectivity index (χ3v) is 2.25. The molecule has 0 aliphatic carbocycles. The molecule has 0 atom stereocenters. The van der Waals surface area contributed by atoms with Gasteiger partial charge in [0.15, 0.2) is 0 Å². The van der Waals surface area contributed by atoms with E-state index in [1.165, 1.54) is 11.3 Å². The van der Waals surface area contributed by atoms with Gasteiger partial charge in [-0.05, 0) is 0 Å². The molecule has 1 aromatic rings. The molecule has 0 saturated heterocycles. The fourth-order valence-corrected chi connectivity index (χ4v) is 1.35. The molecule has 1 aromatic heterocycles. The van der Waals surface area contributed by atoms with Crippen LogP contribution in [-0.2, 0) is 16.1 Å². The van der Waals surface area contributed by atoms with Crippen LogP contribution in [0.4, 0.5) is 5.13 Å². The molecule has 0 fully saturated rings. The lowest BCUT2D eigenvalue weighted by Gasteiger charge is -1.98. The number of nitrogens with one attached hydrogen (secondary N) is 1. The average Bonchev–Trinajstić information content (AvgIpc) is 2.60. The van der Waals surface area contributed by atoms with E-state index in [1.807, 2.05) is 7.05 Å². The third-order valence-electron chi connectivity index (χ3n) is 1.34. The van der Waals surface area contributed by atoms with Gasteiger partial charge in [0.25, 0.3) is 0 Å². The van der Waals surface area contributed by atoms with Crippen molar-refractivity contribution in [1.29, 1.82) is 0 Å². The van der Waals surface area contributed by atoms with Gasteiger partial charge in [-0.3, -0.25) is 0 Å². The Morgan fingerprint density at radius 2 is 2.23 bits per heavy atom. The molecular weight excluding hydrogens is 190 g/mol. The quantitative estimate of drug-likeness (QED) is 0.691. The van der Waals surface area contributed by atoms with Gasteiger partial charge >= 0.3 is 0 Å². The Bertz CT molecular complexity index is 241. The van der Waals surface area contributed by atoms with Gasteiger partial charge in [0, 0.05) is 14.2 Å². The summed E-state index contributed by atoms with van der Waals surface area (Å²) in [6.07, 6.45) is 0. The summed E-state index contributed by atoms with van der Waals surface area (Å²) in [5.41, 5.74) is 0. The van der Waals surface area contributed by atoms with E-state index < -0.39 is 0 Å². The molecule has 0 spiro atoms. The second-order valence-corrected chi connectivity index (χ2v) is 3.36. The van der Waals surface area contributed by atoms with E-state index >= 15 is 0 Å². The maximum Gasteiger partial charge on any atom is 0.205 e. The first-order chi connectivity index (χ1) is 6.36. The van der Waals surface area contributed by atoms with E-state index in [4.69, 9.17) is 9.47 Å². The highest BCUT2D eigenvalue weighted by Gasteiger charge is 2.01. The molecule has 0 aromatic carbocycles. The highest BCUT2D eigenvalue weighted by molar-refractivity contribution is 7.15. The Hall–Kier alpha value is -0.720. The van der Waals surface area contributed by atoms with E-state index in [0.29, 0.717) is 19.8 Å². The van der Waals surface area contributed by atoms with Crippen molar-refractivity contribution in [2.24, 2.45) is 0 Å². The Labute approximate surface area is 81.1 Å². The van der Waals surface area contributed by atoms with Gasteiger partial charge in [-0.25, -0.2) is 0 Å². The van der Waals surface area contributed by atoms with Crippen LogP contribution < -0.4 is 5.32 Å². The molecule has 0 radical (unpaired) electrons. The van der Waals surface area contributed by atoms with Crippen molar-refractivity contribution in [2.75, 3.05) is 32.7 Å². The summed E-state index contributed by atoms with van der Waals surface area (Å²) in [4.78, 5) is 0. The van der Waals surface area contributed by atoms with Crippen LogP contribution in [0.25, 0.3) is 0 Å². The Morgan fingerprint density at radius 1 is 1.38 bits per heavy atom. The summed E-state index contributed by atoms with van der Waals surface area (Å²) in [6.45, 7) is 1.70. The molecule has 1 rings (SSSR count). The van der Waals surface area contributed by atoms with Crippen LogP contribution in [0.3, 0.4) is 0 Å². The number of hydrogen-bond acceptors (Lipinski definition) is 6. The van der Waals surface area contributed by atoms with Crippen LogP contribution in [0.1, 0.15) is 5.01 Å². The molecule has 5 nitrogen and oxygen atoms in total. The van der Waals surface area contributed by atoms with Crippen molar-refractivity contribution in [3.05, 3.63) is 5.01 Å². The topological polar surface area (TPSA) is 56.3 Å². The number of aromatic nitrogens is 2. The maximum absolute atomic E-state index is 5.27. The summed E-state index contributed by atoms with van der Waals surface area (Å²) in [5.74, 6) is 0. The zero-order valence-electron chi connectivity index (χ0n) is 7.74. The van der Waals surface area contributed by atoms with Crippen molar-refractivity contribution in [3.8, 4) is 0 Å². The zero-order chi connectivity index (χ0) is 9.52. The molecule has 13 heavy (non-hydrogen) atoms. The zero-order valence-corrected chi connectivity index (χ0v) is 8.56. The monoisotopic (exact) mass is 203 g/mol. The van der Waals surface area contributed by atoms with E-state index in [0.717, 1.165) is 10.1 Å². The minimum atomic E-state index is 0.503. The fourth-order valence-electron chi connectivity index (χ4n) is 0.715. The molecule has 0 bridgehead atoms. The second kappa shape index (κ2) is 5.85. The maximum atomic E-state index is 5.27. The molecule has 0 amide bonds. The van der Waals surface area contributed by atoms with Gasteiger partial charge in [0.2, 0.25) is 5.13 Å².